The molecule has 1 aliphatic rings. The Morgan fingerprint density at radius 3 is 2.49 bits per heavy atom. The van der Waals surface area contributed by atoms with Gasteiger partial charge in [-0.2, -0.15) is 0 Å². The van der Waals surface area contributed by atoms with Crippen LogP contribution in [0.25, 0.3) is 5.57 Å². The van der Waals surface area contributed by atoms with E-state index in [1.165, 1.54) is 13.2 Å². The molecule has 0 aliphatic heterocycles. The number of likely N-dealkylation sites (N-methyl/N-ethyl adjacent to an activating group) is 2. The minimum Gasteiger partial charge on any atom is -0.507 e. The van der Waals surface area contributed by atoms with E-state index in [1.807, 2.05) is 38.4 Å². The summed E-state index contributed by atoms with van der Waals surface area (Å²) in [5, 5.41) is 10.7. The zero-order valence-corrected chi connectivity index (χ0v) is 21.3. The van der Waals surface area contributed by atoms with E-state index in [-0.39, 0.29) is 5.75 Å². The first-order chi connectivity index (χ1) is 16.9. The minimum absolute atomic E-state index is 0.0955. The highest BCUT2D eigenvalue weighted by Crippen LogP contribution is 2.39. The molecule has 0 radical (unpaired) electrons. The molecule has 1 aliphatic carbocycles. The normalized spacial score (nSPS) is 14.5. The number of aromatic hydroxyl groups is 1. The predicted molar refractivity (Wildman–Crippen MR) is 139 cm³/mol. The molecule has 2 rings (SSSR count). The van der Waals surface area contributed by atoms with Crippen LogP contribution in [0.2, 0.25) is 0 Å². The van der Waals surface area contributed by atoms with Gasteiger partial charge in [0, 0.05) is 42.8 Å². The third-order valence-corrected chi connectivity index (χ3v) is 5.80. The summed E-state index contributed by atoms with van der Waals surface area (Å²) in [6, 6.07) is 3.24. The van der Waals surface area contributed by atoms with E-state index < -0.39 is 0 Å². The summed E-state index contributed by atoms with van der Waals surface area (Å²) in [5.74, 6) is 1.23. The third-order valence-electron chi connectivity index (χ3n) is 5.80. The maximum atomic E-state index is 12.2. The van der Waals surface area contributed by atoms with Crippen LogP contribution in [-0.4, -0.2) is 75.4 Å². The highest BCUT2D eigenvalue weighted by Gasteiger charge is 2.21. The number of phenols is 1. The summed E-state index contributed by atoms with van der Waals surface area (Å²) in [6.45, 7) is 4.97. The van der Waals surface area contributed by atoms with Gasteiger partial charge in [-0.05, 0) is 50.5 Å². The van der Waals surface area contributed by atoms with Crippen molar-refractivity contribution in [2.75, 3.05) is 47.9 Å². The summed E-state index contributed by atoms with van der Waals surface area (Å²) in [7, 11) is 7.14. The number of carbonyl (C=O) groups is 2. The van der Waals surface area contributed by atoms with Crippen LogP contribution in [0, 0.1) is 0 Å². The van der Waals surface area contributed by atoms with Gasteiger partial charge in [0.05, 0.1) is 19.8 Å². The number of benzene rings is 1. The molecule has 0 aromatic heterocycles. The first kappa shape index (κ1) is 27.8. The molecule has 35 heavy (non-hydrogen) atoms. The highest BCUT2D eigenvalue weighted by atomic mass is 16.5. The number of nitrogens with zero attached hydrogens (tertiary/aromatic N) is 2. The van der Waals surface area contributed by atoms with Gasteiger partial charge in [-0.3, -0.25) is 14.5 Å². The van der Waals surface area contributed by atoms with E-state index in [2.05, 4.69) is 16.7 Å². The van der Waals surface area contributed by atoms with Gasteiger partial charge in [0.15, 0.2) is 6.29 Å². The average molecular weight is 481 g/mol. The molecule has 0 saturated carbocycles. The predicted octanol–water partition coefficient (Wildman–Crippen LogP) is 3.91. The van der Waals surface area contributed by atoms with Gasteiger partial charge in [0.1, 0.15) is 23.5 Å². The molecule has 0 atom stereocenters. The van der Waals surface area contributed by atoms with Crippen molar-refractivity contribution in [2.45, 2.75) is 19.9 Å². The Labute approximate surface area is 208 Å². The van der Waals surface area contributed by atoms with Crippen molar-refractivity contribution in [3.63, 3.8) is 0 Å². The van der Waals surface area contributed by atoms with E-state index in [0.29, 0.717) is 59.3 Å². The molecule has 1 aromatic carbocycles. The molecule has 7 nitrogen and oxygen atoms in total. The minimum atomic E-state index is 0.0955. The number of hydrogen-bond donors (Lipinski definition) is 1. The summed E-state index contributed by atoms with van der Waals surface area (Å²) in [5.41, 5.74) is 2.57. The van der Waals surface area contributed by atoms with Gasteiger partial charge in [0.2, 0.25) is 0 Å². The van der Waals surface area contributed by atoms with E-state index in [4.69, 9.17) is 9.47 Å². The molecule has 0 saturated heterocycles. The van der Waals surface area contributed by atoms with Crippen LogP contribution < -0.4 is 4.74 Å². The van der Waals surface area contributed by atoms with Crippen molar-refractivity contribution in [3.05, 3.63) is 76.6 Å². The Morgan fingerprint density at radius 1 is 1.11 bits per heavy atom. The molecular weight excluding hydrogens is 444 g/mol. The van der Waals surface area contributed by atoms with E-state index in [1.54, 1.807) is 25.3 Å². The average Bonchev–Trinajstić information content (AvgIpc) is 3.09. The Kier molecular flexibility index (Phi) is 11.2. The van der Waals surface area contributed by atoms with Crippen LogP contribution in [0.4, 0.5) is 0 Å². The molecule has 0 unspecified atom stereocenters. The van der Waals surface area contributed by atoms with Crippen molar-refractivity contribution in [1.29, 1.82) is 0 Å². The van der Waals surface area contributed by atoms with Gasteiger partial charge in [-0.1, -0.05) is 31.2 Å². The first-order valence-electron chi connectivity index (χ1n) is 11.6. The Hall–Kier alpha value is -3.42. The molecule has 7 heteroatoms. The maximum absolute atomic E-state index is 12.2. The second kappa shape index (κ2) is 14.1. The standard InChI is InChI=1S/C28H36N2O5/c1-6-30(16-15-29(2)3)19-25-26(33)13-12-24(28(25)35-5)23(14-17-31)22(20-32)18-21-10-8-7-9-11-27(21)34-4/h7-10,12-14,17-18,20,33H,6,11,15-16,19H2,1-5H3/b22-18+,23-14-. The molecule has 188 valence electrons. The van der Waals surface area contributed by atoms with Crippen molar-refractivity contribution in [3.8, 4) is 11.5 Å². The molecule has 0 bridgehead atoms. The van der Waals surface area contributed by atoms with Gasteiger partial charge < -0.3 is 19.5 Å². The lowest BCUT2D eigenvalue weighted by atomic mass is 9.93. The lowest BCUT2D eigenvalue weighted by Crippen LogP contribution is -2.31. The Morgan fingerprint density at radius 2 is 1.89 bits per heavy atom. The zero-order chi connectivity index (χ0) is 25.8. The van der Waals surface area contributed by atoms with Crippen LogP contribution in [0.5, 0.6) is 11.5 Å². The fourth-order valence-electron chi connectivity index (χ4n) is 3.84. The van der Waals surface area contributed by atoms with E-state index in [9.17, 15) is 14.7 Å². The molecular formula is C28H36N2O5. The van der Waals surface area contributed by atoms with E-state index >= 15 is 0 Å². The number of hydrogen-bond acceptors (Lipinski definition) is 7. The lowest BCUT2D eigenvalue weighted by molar-refractivity contribution is -0.104. The van der Waals surface area contributed by atoms with Gasteiger partial charge in [-0.25, -0.2) is 0 Å². The molecule has 0 amide bonds. The first-order valence-corrected chi connectivity index (χ1v) is 11.6. The number of carbonyl (C=O) groups excluding carboxylic acids is 2. The second-order valence-electron chi connectivity index (χ2n) is 8.32. The number of rotatable bonds is 13. The topological polar surface area (TPSA) is 79.3 Å². The fourth-order valence-corrected chi connectivity index (χ4v) is 3.84. The quantitative estimate of drug-likeness (QED) is 0.261. The summed E-state index contributed by atoms with van der Waals surface area (Å²) in [4.78, 5) is 28.2. The number of methoxy groups -OCH3 is 2. The van der Waals surface area contributed by atoms with Gasteiger partial charge in [-0.15, -0.1) is 0 Å². The molecule has 1 aromatic rings. The lowest BCUT2D eigenvalue weighted by Gasteiger charge is -2.25. The highest BCUT2D eigenvalue weighted by molar-refractivity contribution is 6.04. The SMILES string of the molecule is CCN(CCN(C)C)Cc1c(O)ccc(C(=C\C=O)/C(C=O)=C/C2=C(OC)CC=CC=C2)c1OC. The van der Waals surface area contributed by atoms with Crippen molar-refractivity contribution in [1.82, 2.24) is 9.80 Å². The van der Waals surface area contributed by atoms with Crippen molar-refractivity contribution in [2.24, 2.45) is 0 Å². The number of allylic oxidation sites excluding steroid dienone is 9. The summed E-state index contributed by atoms with van der Waals surface area (Å²) in [6.07, 6.45) is 12.6. The molecule has 1 N–H and O–H groups in total. The van der Waals surface area contributed by atoms with Crippen LogP contribution in [0.1, 0.15) is 24.5 Å². The zero-order valence-electron chi connectivity index (χ0n) is 21.3. The van der Waals surface area contributed by atoms with Crippen molar-refractivity contribution < 1.29 is 24.2 Å². The van der Waals surface area contributed by atoms with Crippen molar-refractivity contribution >= 4 is 18.1 Å². The number of phenolic OH excluding ortho intramolecular Hbond substituents is 1. The molecule has 0 heterocycles. The number of aldehydes is 2. The third kappa shape index (κ3) is 7.53. The van der Waals surface area contributed by atoms with Crippen LogP contribution >= 0.6 is 0 Å². The molecule has 0 spiro atoms. The van der Waals surface area contributed by atoms with Gasteiger partial charge >= 0.3 is 0 Å². The summed E-state index contributed by atoms with van der Waals surface area (Å²) < 4.78 is 11.3. The largest absolute Gasteiger partial charge is 0.507 e. The van der Waals surface area contributed by atoms with E-state index in [0.717, 1.165) is 25.2 Å². The van der Waals surface area contributed by atoms with Crippen LogP contribution in [0.3, 0.4) is 0 Å². The smallest absolute Gasteiger partial charge is 0.150 e. The molecule has 0 fully saturated rings. The van der Waals surface area contributed by atoms with Crippen LogP contribution in [-0.2, 0) is 20.9 Å². The fraction of sp³-hybridized carbons (Fsp3) is 0.357. The maximum Gasteiger partial charge on any atom is 0.150 e. The van der Waals surface area contributed by atoms with Gasteiger partial charge in [0.25, 0.3) is 0 Å². The second-order valence-corrected chi connectivity index (χ2v) is 8.32. The summed E-state index contributed by atoms with van der Waals surface area (Å²) >= 11 is 0. The number of ether oxygens (including phenoxy) is 2. The Balaban J connectivity index is 2.61. The Bertz CT molecular complexity index is 1050. The van der Waals surface area contributed by atoms with Crippen LogP contribution in [0.15, 0.2) is 65.5 Å². The monoisotopic (exact) mass is 480 g/mol.